The number of hydrogen-bond donors (Lipinski definition) is 1. The second-order valence-corrected chi connectivity index (χ2v) is 6.03. The molecule has 0 saturated carbocycles. The molecule has 1 N–H and O–H groups in total. The minimum Gasteiger partial charge on any atom is -0.481 e. The summed E-state index contributed by atoms with van der Waals surface area (Å²) in [5.74, 6) is -1.68. The number of ketones is 1. The second kappa shape index (κ2) is 6.63. The SMILES string of the molecule is Cc1ccc(-c2nc(CC(=O)C[C@@H](C)C(=O)O)cs2)cc1. The number of carbonyl (C=O) groups is 2. The quantitative estimate of drug-likeness (QED) is 0.888. The van der Waals surface area contributed by atoms with E-state index >= 15 is 0 Å². The van der Waals surface area contributed by atoms with E-state index in [1.807, 2.05) is 36.6 Å². The molecule has 1 aromatic heterocycles. The van der Waals surface area contributed by atoms with Crippen LogP contribution in [0.4, 0.5) is 0 Å². The lowest BCUT2D eigenvalue weighted by atomic mass is 10.0. The third-order valence-corrected chi connectivity index (χ3v) is 4.12. The third-order valence-electron chi connectivity index (χ3n) is 3.18. The normalized spacial score (nSPS) is 12.1. The molecule has 0 radical (unpaired) electrons. The van der Waals surface area contributed by atoms with E-state index in [0.29, 0.717) is 5.69 Å². The van der Waals surface area contributed by atoms with Crippen molar-refractivity contribution < 1.29 is 14.7 Å². The van der Waals surface area contributed by atoms with Crippen molar-refractivity contribution in [2.75, 3.05) is 0 Å². The molecule has 5 heteroatoms. The molecule has 0 aliphatic carbocycles. The van der Waals surface area contributed by atoms with Gasteiger partial charge >= 0.3 is 5.97 Å². The monoisotopic (exact) mass is 303 g/mol. The largest absolute Gasteiger partial charge is 0.481 e. The van der Waals surface area contributed by atoms with Crippen LogP contribution >= 0.6 is 11.3 Å². The minimum absolute atomic E-state index is 0.0483. The van der Waals surface area contributed by atoms with Crippen molar-refractivity contribution in [3.63, 3.8) is 0 Å². The Kier molecular flexibility index (Phi) is 4.85. The van der Waals surface area contributed by atoms with E-state index in [4.69, 9.17) is 5.11 Å². The standard InChI is InChI=1S/C16H17NO3S/c1-10-3-5-12(6-4-10)15-17-13(9-21-15)8-14(18)7-11(2)16(19)20/h3-6,9,11H,7-8H2,1-2H3,(H,19,20)/t11-/m1/s1. The maximum atomic E-state index is 11.8. The summed E-state index contributed by atoms with van der Waals surface area (Å²) in [7, 11) is 0. The predicted octanol–water partition coefficient (Wildman–Crippen LogP) is 3.34. The number of carboxylic acid groups (broad SMARTS) is 1. The van der Waals surface area contributed by atoms with Gasteiger partial charge in [-0.2, -0.15) is 0 Å². The van der Waals surface area contributed by atoms with Crippen LogP contribution in [-0.2, 0) is 16.0 Å². The number of aromatic nitrogens is 1. The van der Waals surface area contributed by atoms with Crippen LogP contribution in [0.2, 0.25) is 0 Å². The summed E-state index contributed by atoms with van der Waals surface area (Å²) in [6, 6.07) is 8.06. The first-order valence-corrected chi connectivity index (χ1v) is 7.59. The summed E-state index contributed by atoms with van der Waals surface area (Å²) in [5.41, 5.74) is 2.93. The Labute approximate surface area is 127 Å². The number of aryl methyl sites for hydroxylation is 1. The molecule has 4 nitrogen and oxygen atoms in total. The number of Topliss-reactive ketones (excluding diaryl/α,β-unsaturated/α-hetero) is 1. The zero-order valence-electron chi connectivity index (χ0n) is 12.0. The average molecular weight is 303 g/mol. The van der Waals surface area contributed by atoms with Crippen LogP contribution in [0.5, 0.6) is 0 Å². The van der Waals surface area contributed by atoms with Crippen molar-refractivity contribution >= 4 is 23.1 Å². The zero-order chi connectivity index (χ0) is 15.4. The molecule has 0 spiro atoms. The molecule has 0 saturated heterocycles. The van der Waals surface area contributed by atoms with Crippen molar-refractivity contribution in [3.05, 3.63) is 40.9 Å². The lowest BCUT2D eigenvalue weighted by Crippen LogP contribution is -2.16. The van der Waals surface area contributed by atoms with E-state index in [1.165, 1.54) is 16.9 Å². The molecule has 1 atom stereocenters. The van der Waals surface area contributed by atoms with Crippen LogP contribution in [0.1, 0.15) is 24.6 Å². The second-order valence-electron chi connectivity index (χ2n) is 5.17. The van der Waals surface area contributed by atoms with Crippen molar-refractivity contribution in [2.24, 2.45) is 5.92 Å². The number of benzene rings is 1. The van der Waals surface area contributed by atoms with E-state index in [0.717, 1.165) is 10.6 Å². The van der Waals surface area contributed by atoms with Crippen LogP contribution in [-0.4, -0.2) is 21.8 Å². The van der Waals surface area contributed by atoms with Crippen molar-refractivity contribution in [3.8, 4) is 10.6 Å². The first-order chi connectivity index (χ1) is 9.95. The van der Waals surface area contributed by atoms with Crippen LogP contribution in [0.15, 0.2) is 29.6 Å². The number of nitrogens with zero attached hydrogens (tertiary/aromatic N) is 1. The molecule has 2 aromatic rings. The molecule has 0 unspecified atom stereocenters. The van der Waals surface area contributed by atoms with Gasteiger partial charge in [0.05, 0.1) is 11.6 Å². The first-order valence-electron chi connectivity index (χ1n) is 6.71. The van der Waals surface area contributed by atoms with E-state index in [1.54, 1.807) is 6.92 Å². The highest BCUT2D eigenvalue weighted by atomic mass is 32.1. The molecule has 0 aliphatic heterocycles. The van der Waals surface area contributed by atoms with Gasteiger partial charge in [0.25, 0.3) is 0 Å². The lowest BCUT2D eigenvalue weighted by molar-refractivity contribution is -0.143. The van der Waals surface area contributed by atoms with Crippen LogP contribution in [0, 0.1) is 12.8 Å². The molecule has 110 valence electrons. The van der Waals surface area contributed by atoms with E-state index in [2.05, 4.69) is 4.98 Å². The topological polar surface area (TPSA) is 67.3 Å². The van der Waals surface area contributed by atoms with Gasteiger partial charge in [-0.05, 0) is 6.92 Å². The van der Waals surface area contributed by atoms with Gasteiger partial charge < -0.3 is 5.11 Å². The Hall–Kier alpha value is -2.01. The van der Waals surface area contributed by atoms with Crippen molar-refractivity contribution in [1.82, 2.24) is 4.98 Å². The van der Waals surface area contributed by atoms with E-state index in [-0.39, 0.29) is 18.6 Å². The summed E-state index contributed by atoms with van der Waals surface area (Å²) >= 11 is 1.50. The molecule has 2 rings (SSSR count). The van der Waals surface area contributed by atoms with E-state index < -0.39 is 11.9 Å². The van der Waals surface area contributed by atoms with Gasteiger partial charge in [-0.15, -0.1) is 11.3 Å². The molecule has 0 aliphatic rings. The molecular weight excluding hydrogens is 286 g/mol. The Balaban J connectivity index is 2.01. The maximum absolute atomic E-state index is 11.8. The first kappa shape index (κ1) is 15.4. The Morgan fingerprint density at radius 2 is 1.95 bits per heavy atom. The summed E-state index contributed by atoms with van der Waals surface area (Å²) in [6.45, 7) is 3.57. The molecule has 21 heavy (non-hydrogen) atoms. The predicted molar refractivity (Wildman–Crippen MR) is 82.4 cm³/mol. The van der Waals surface area contributed by atoms with Gasteiger partial charge in [-0.3, -0.25) is 9.59 Å². The number of aliphatic carboxylic acids is 1. The average Bonchev–Trinajstić information content (AvgIpc) is 2.87. The van der Waals surface area contributed by atoms with Gasteiger partial charge in [0, 0.05) is 23.8 Å². The zero-order valence-corrected chi connectivity index (χ0v) is 12.8. The Morgan fingerprint density at radius 3 is 2.57 bits per heavy atom. The highest BCUT2D eigenvalue weighted by molar-refractivity contribution is 7.13. The summed E-state index contributed by atoms with van der Waals surface area (Å²) in [4.78, 5) is 27.0. The van der Waals surface area contributed by atoms with E-state index in [9.17, 15) is 9.59 Å². The van der Waals surface area contributed by atoms with Gasteiger partial charge in [0.1, 0.15) is 10.8 Å². The smallest absolute Gasteiger partial charge is 0.306 e. The fraction of sp³-hybridized carbons (Fsp3) is 0.312. The Morgan fingerprint density at radius 1 is 1.29 bits per heavy atom. The fourth-order valence-electron chi connectivity index (χ4n) is 1.92. The molecule has 0 fully saturated rings. The highest BCUT2D eigenvalue weighted by Gasteiger charge is 2.17. The molecule has 1 heterocycles. The highest BCUT2D eigenvalue weighted by Crippen LogP contribution is 2.24. The summed E-state index contributed by atoms with van der Waals surface area (Å²) in [6.07, 6.45) is 0.243. The number of hydrogen-bond acceptors (Lipinski definition) is 4. The van der Waals surface area contributed by atoms with Crippen LogP contribution < -0.4 is 0 Å². The number of carbonyl (C=O) groups excluding carboxylic acids is 1. The number of rotatable bonds is 6. The minimum atomic E-state index is -0.943. The lowest BCUT2D eigenvalue weighted by Gasteiger charge is -2.03. The van der Waals surface area contributed by atoms with Crippen LogP contribution in [0.3, 0.4) is 0 Å². The van der Waals surface area contributed by atoms with Crippen molar-refractivity contribution in [2.45, 2.75) is 26.7 Å². The molecular formula is C16H17NO3S. The molecule has 1 aromatic carbocycles. The maximum Gasteiger partial charge on any atom is 0.306 e. The van der Waals surface area contributed by atoms with Crippen LogP contribution in [0.25, 0.3) is 10.6 Å². The fourth-order valence-corrected chi connectivity index (χ4v) is 2.75. The number of carboxylic acids is 1. The van der Waals surface area contributed by atoms with Gasteiger partial charge in [-0.1, -0.05) is 36.8 Å². The number of thiazole rings is 1. The van der Waals surface area contributed by atoms with Gasteiger partial charge in [0.2, 0.25) is 0 Å². The summed E-state index contributed by atoms with van der Waals surface area (Å²) < 4.78 is 0. The third kappa shape index (κ3) is 4.23. The van der Waals surface area contributed by atoms with Crippen molar-refractivity contribution in [1.29, 1.82) is 0 Å². The molecule has 0 amide bonds. The summed E-state index contributed by atoms with van der Waals surface area (Å²) in [5, 5.41) is 11.5. The molecule has 0 bridgehead atoms. The Bertz CT molecular complexity index is 646. The van der Waals surface area contributed by atoms with Gasteiger partial charge in [-0.25, -0.2) is 4.98 Å². The van der Waals surface area contributed by atoms with Gasteiger partial charge in [0.15, 0.2) is 0 Å².